The van der Waals surface area contributed by atoms with Crippen molar-refractivity contribution in [3.05, 3.63) is 47.0 Å². The van der Waals surface area contributed by atoms with E-state index in [2.05, 4.69) is 4.98 Å². The van der Waals surface area contributed by atoms with E-state index in [1.165, 1.54) is 0 Å². The molecule has 2 N–H and O–H groups in total. The number of anilines is 1. The van der Waals surface area contributed by atoms with Crippen LogP contribution in [0.15, 0.2) is 36.4 Å². The van der Waals surface area contributed by atoms with Gasteiger partial charge in [0.25, 0.3) is 0 Å². The zero-order valence-electron chi connectivity index (χ0n) is 11.9. The Hall–Kier alpha value is -2.11. The fourth-order valence-electron chi connectivity index (χ4n) is 2.17. The van der Waals surface area contributed by atoms with Crippen molar-refractivity contribution >= 4 is 27.2 Å². The number of hydrogen-bond donors (Lipinski definition) is 1. The molecule has 5 heteroatoms. The van der Waals surface area contributed by atoms with Crippen LogP contribution in [0.2, 0.25) is 0 Å². The number of thiazole rings is 1. The number of fused-ring (bicyclic) bond motifs is 1. The molecule has 0 amide bonds. The molecular weight excluding hydrogens is 284 g/mol. The second kappa shape index (κ2) is 5.71. The first-order valence-electron chi connectivity index (χ1n) is 6.58. The van der Waals surface area contributed by atoms with Crippen LogP contribution in [0.1, 0.15) is 10.6 Å². The van der Waals surface area contributed by atoms with Crippen LogP contribution in [0, 0.1) is 6.92 Å². The van der Waals surface area contributed by atoms with E-state index >= 15 is 0 Å². The molecule has 4 nitrogen and oxygen atoms in total. The van der Waals surface area contributed by atoms with E-state index in [-0.39, 0.29) is 0 Å². The predicted octanol–water partition coefficient (Wildman–Crippen LogP) is 4.13. The Morgan fingerprint density at radius 2 is 2.10 bits per heavy atom. The average Bonchev–Trinajstić information content (AvgIpc) is 2.79. The van der Waals surface area contributed by atoms with Gasteiger partial charge in [0.2, 0.25) is 0 Å². The number of nitrogens with two attached hydrogens (primary N) is 1. The average molecular weight is 300 g/mol. The third-order valence-electron chi connectivity index (χ3n) is 3.06. The molecule has 0 bridgehead atoms. The molecule has 1 heterocycles. The van der Waals surface area contributed by atoms with Gasteiger partial charge >= 0.3 is 0 Å². The molecule has 3 rings (SSSR count). The van der Waals surface area contributed by atoms with E-state index in [0.29, 0.717) is 18.0 Å². The maximum atomic E-state index is 6.07. The highest BCUT2D eigenvalue weighted by atomic mass is 32.1. The molecule has 0 radical (unpaired) electrons. The van der Waals surface area contributed by atoms with Crippen LogP contribution >= 0.6 is 11.3 Å². The van der Waals surface area contributed by atoms with Gasteiger partial charge in [-0.15, -0.1) is 11.3 Å². The van der Waals surface area contributed by atoms with Crippen LogP contribution in [-0.2, 0) is 11.3 Å². The number of methoxy groups -OCH3 is 1. The second-order valence-electron chi connectivity index (χ2n) is 4.77. The molecule has 0 aliphatic carbocycles. The topological polar surface area (TPSA) is 57.4 Å². The standard InChI is InChI=1S/C16H16N2O2S/c1-10-18-14-8-15(13(17)7-16(14)21-10)20-12-5-3-4-11(6-12)9-19-2/h3-8H,9,17H2,1-2H3. The normalized spacial score (nSPS) is 11.0. The Morgan fingerprint density at radius 1 is 1.24 bits per heavy atom. The number of rotatable bonds is 4. The lowest BCUT2D eigenvalue weighted by molar-refractivity contribution is 0.184. The summed E-state index contributed by atoms with van der Waals surface area (Å²) in [6, 6.07) is 11.6. The summed E-state index contributed by atoms with van der Waals surface area (Å²) in [6.45, 7) is 2.53. The van der Waals surface area contributed by atoms with Gasteiger partial charge in [0, 0.05) is 13.2 Å². The van der Waals surface area contributed by atoms with Crippen LogP contribution in [0.25, 0.3) is 10.2 Å². The van der Waals surface area contributed by atoms with E-state index in [1.807, 2.05) is 43.3 Å². The highest BCUT2D eigenvalue weighted by Gasteiger charge is 2.08. The summed E-state index contributed by atoms with van der Waals surface area (Å²) in [5, 5.41) is 1.02. The lowest BCUT2D eigenvalue weighted by Crippen LogP contribution is -1.93. The first kappa shape index (κ1) is 13.9. The SMILES string of the molecule is COCc1cccc(Oc2cc3nc(C)sc3cc2N)c1. The summed E-state index contributed by atoms with van der Waals surface area (Å²) in [6.07, 6.45) is 0. The number of benzene rings is 2. The molecule has 108 valence electrons. The minimum absolute atomic E-state index is 0.553. The van der Waals surface area contributed by atoms with Crippen molar-refractivity contribution in [2.24, 2.45) is 0 Å². The predicted molar refractivity (Wildman–Crippen MR) is 86.0 cm³/mol. The summed E-state index contributed by atoms with van der Waals surface area (Å²) in [5.74, 6) is 1.37. The van der Waals surface area contributed by atoms with Gasteiger partial charge in [0.05, 0.1) is 27.5 Å². The zero-order valence-corrected chi connectivity index (χ0v) is 12.7. The van der Waals surface area contributed by atoms with Crippen LogP contribution in [0.5, 0.6) is 11.5 Å². The molecule has 0 spiro atoms. The van der Waals surface area contributed by atoms with Crippen molar-refractivity contribution in [1.82, 2.24) is 4.98 Å². The Morgan fingerprint density at radius 3 is 2.90 bits per heavy atom. The molecule has 1 aromatic heterocycles. The minimum atomic E-state index is 0.553. The van der Waals surface area contributed by atoms with Gasteiger partial charge < -0.3 is 15.2 Å². The third kappa shape index (κ3) is 2.99. The van der Waals surface area contributed by atoms with E-state index in [0.717, 1.165) is 26.5 Å². The summed E-state index contributed by atoms with van der Waals surface area (Å²) in [7, 11) is 1.67. The van der Waals surface area contributed by atoms with Crippen molar-refractivity contribution in [3.63, 3.8) is 0 Å². The van der Waals surface area contributed by atoms with Gasteiger partial charge in [-0.1, -0.05) is 12.1 Å². The van der Waals surface area contributed by atoms with Gasteiger partial charge in [0.15, 0.2) is 5.75 Å². The van der Waals surface area contributed by atoms with Crippen molar-refractivity contribution in [2.45, 2.75) is 13.5 Å². The van der Waals surface area contributed by atoms with Gasteiger partial charge in [-0.25, -0.2) is 4.98 Å². The molecular formula is C16H16N2O2S. The molecule has 0 saturated carbocycles. The second-order valence-corrected chi connectivity index (χ2v) is 6.01. The Bertz CT molecular complexity index is 783. The lowest BCUT2D eigenvalue weighted by Gasteiger charge is -2.09. The number of hydrogen-bond acceptors (Lipinski definition) is 5. The van der Waals surface area contributed by atoms with Gasteiger partial charge in [-0.05, 0) is 30.7 Å². The molecule has 0 aliphatic rings. The van der Waals surface area contributed by atoms with Crippen molar-refractivity contribution < 1.29 is 9.47 Å². The van der Waals surface area contributed by atoms with Crippen LogP contribution in [0.4, 0.5) is 5.69 Å². The highest BCUT2D eigenvalue weighted by Crippen LogP contribution is 2.34. The fourth-order valence-corrected chi connectivity index (χ4v) is 3.02. The van der Waals surface area contributed by atoms with E-state index in [9.17, 15) is 0 Å². The third-order valence-corrected chi connectivity index (χ3v) is 4.00. The molecule has 0 saturated heterocycles. The molecule has 0 aliphatic heterocycles. The first-order chi connectivity index (χ1) is 10.2. The zero-order chi connectivity index (χ0) is 14.8. The molecule has 21 heavy (non-hydrogen) atoms. The van der Waals surface area contributed by atoms with Gasteiger partial charge in [0.1, 0.15) is 5.75 Å². The fraction of sp³-hybridized carbons (Fsp3) is 0.188. The smallest absolute Gasteiger partial charge is 0.152 e. The van der Waals surface area contributed by atoms with Crippen LogP contribution in [-0.4, -0.2) is 12.1 Å². The van der Waals surface area contributed by atoms with Crippen molar-refractivity contribution in [2.75, 3.05) is 12.8 Å². The van der Waals surface area contributed by atoms with E-state index in [4.69, 9.17) is 15.2 Å². The molecule has 2 aromatic carbocycles. The number of aromatic nitrogens is 1. The largest absolute Gasteiger partial charge is 0.455 e. The van der Waals surface area contributed by atoms with Gasteiger partial charge in [-0.2, -0.15) is 0 Å². The summed E-state index contributed by atoms with van der Waals surface area (Å²) in [4.78, 5) is 4.47. The minimum Gasteiger partial charge on any atom is -0.455 e. The van der Waals surface area contributed by atoms with Crippen LogP contribution < -0.4 is 10.5 Å². The van der Waals surface area contributed by atoms with Crippen molar-refractivity contribution in [1.29, 1.82) is 0 Å². The lowest BCUT2D eigenvalue weighted by atomic mass is 10.2. The molecule has 0 unspecified atom stereocenters. The number of nitrogens with zero attached hydrogens (tertiary/aromatic N) is 1. The number of ether oxygens (including phenoxy) is 2. The van der Waals surface area contributed by atoms with E-state index < -0.39 is 0 Å². The Balaban J connectivity index is 1.93. The molecule has 3 aromatic rings. The number of nitrogen functional groups attached to an aromatic ring is 1. The first-order valence-corrected chi connectivity index (χ1v) is 7.40. The quantitative estimate of drug-likeness (QED) is 0.736. The van der Waals surface area contributed by atoms with Crippen LogP contribution in [0.3, 0.4) is 0 Å². The summed E-state index contributed by atoms with van der Waals surface area (Å²) >= 11 is 1.63. The number of aryl methyl sites for hydroxylation is 1. The maximum absolute atomic E-state index is 6.07. The highest BCUT2D eigenvalue weighted by molar-refractivity contribution is 7.18. The van der Waals surface area contributed by atoms with Crippen molar-refractivity contribution in [3.8, 4) is 11.5 Å². The maximum Gasteiger partial charge on any atom is 0.152 e. The molecule has 0 fully saturated rings. The Kier molecular flexibility index (Phi) is 3.77. The van der Waals surface area contributed by atoms with Gasteiger partial charge in [-0.3, -0.25) is 0 Å². The Labute approximate surface area is 127 Å². The molecule has 0 atom stereocenters. The monoisotopic (exact) mass is 300 g/mol. The summed E-state index contributed by atoms with van der Waals surface area (Å²) < 4.78 is 12.1. The summed E-state index contributed by atoms with van der Waals surface area (Å²) in [5.41, 5.74) is 8.65. The van der Waals surface area contributed by atoms with E-state index in [1.54, 1.807) is 18.4 Å².